The van der Waals surface area contributed by atoms with Gasteiger partial charge < -0.3 is 14.4 Å². The first-order chi connectivity index (χ1) is 9.15. The zero-order chi connectivity index (χ0) is 14.1. The molecule has 4 nitrogen and oxygen atoms in total. The Bertz CT molecular complexity index is 373. The number of ether oxygens (including phenoxy) is 2. The van der Waals surface area contributed by atoms with Crippen LogP contribution in [0.5, 0.6) is 0 Å². The van der Waals surface area contributed by atoms with Crippen LogP contribution in [0.15, 0.2) is 24.3 Å². The van der Waals surface area contributed by atoms with Crippen LogP contribution in [-0.4, -0.2) is 39.9 Å². The number of anilines is 1. The molecule has 1 rings (SSSR count). The van der Waals surface area contributed by atoms with Gasteiger partial charge in [0, 0.05) is 26.4 Å². The third-order valence-corrected chi connectivity index (χ3v) is 2.72. The van der Waals surface area contributed by atoms with E-state index in [9.17, 15) is 4.79 Å². The number of hydrogen-bond donors (Lipinski definition) is 0. The van der Waals surface area contributed by atoms with E-state index in [0.717, 1.165) is 25.1 Å². The molecule has 0 unspecified atom stereocenters. The molecule has 0 saturated heterocycles. The molecule has 0 bridgehead atoms. The van der Waals surface area contributed by atoms with Gasteiger partial charge in [0.25, 0.3) is 0 Å². The van der Waals surface area contributed by atoms with Gasteiger partial charge in [0.05, 0.1) is 12.2 Å². The molecule has 4 heteroatoms. The molecule has 0 N–H and O–H groups in total. The minimum Gasteiger partial charge on any atom is -0.460 e. The van der Waals surface area contributed by atoms with Crippen LogP contribution in [0.4, 0.5) is 5.69 Å². The van der Waals surface area contributed by atoms with Crippen molar-refractivity contribution in [2.45, 2.75) is 19.8 Å². The molecular formula is C15H23NO3. The van der Waals surface area contributed by atoms with E-state index in [1.807, 2.05) is 31.1 Å². The molecule has 0 atom stereocenters. The largest absolute Gasteiger partial charge is 0.460 e. The molecule has 0 radical (unpaired) electrons. The second-order valence-electron chi connectivity index (χ2n) is 4.54. The van der Waals surface area contributed by atoms with Gasteiger partial charge >= 0.3 is 5.97 Å². The average molecular weight is 265 g/mol. The predicted molar refractivity (Wildman–Crippen MR) is 76.8 cm³/mol. The van der Waals surface area contributed by atoms with Crippen molar-refractivity contribution in [3.8, 4) is 0 Å². The van der Waals surface area contributed by atoms with Crippen LogP contribution in [0, 0.1) is 0 Å². The highest BCUT2D eigenvalue weighted by Crippen LogP contribution is 2.12. The quantitative estimate of drug-likeness (QED) is 0.535. The van der Waals surface area contributed by atoms with Gasteiger partial charge in [-0.1, -0.05) is 13.3 Å². The van der Waals surface area contributed by atoms with Crippen LogP contribution in [0.3, 0.4) is 0 Å². The number of hydrogen-bond acceptors (Lipinski definition) is 4. The van der Waals surface area contributed by atoms with E-state index in [0.29, 0.717) is 18.8 Å². The Morgan fingerprint density at radius 3 is 2.37 bits per heavy atom. The lowest BCUT2D eigenvalue weighted by Crippen LogP contribution is -2.12. The summed E-state index contributed by atoms with van der Waals surface area (Å²) in [5, 5.41) is 0. The summed E-state index contributed by atoms with van der Waals surface area (Å²) in [4.78, 5) is 13.7. The van der Waals surface area contributed by atoms with E-state index in [1.54, 1.807) is 12.1 Å². The maximum absolute atomic E-state index is 11.7. The molecule has 0 aromatic heterocycles. The monoisotopic (exact) mass is 265 g/mol. The molecule has 0 aliphatic carbocycles. The minimum absolute atomic E-state index is 0.301. The zero-order valence-corrected chi connectivity index (χ0v) is 12.0. The molecule has 0 aliphatic rings. The number of carbonyl (C=O) groups excluding carboxylic acids is 1. The van der Waals surface area contributed by atoms with Gasteiger partial charge in [-0.15, -0.1) is 0 Å². The van der Waals surface area contributed by atoms with Crippen LogP contribution in [-0.2, 0) is 9.47 Å². The summed E-state index contributed by atoms with van der Waals surface area (Å²) in [6, 6.07) is 7.34. The number of nitrogens with zero attached hydrogens (tertiary/aromatic N) is 1. The third-order valence-electron chi connectivity index (χ3n) is 2.72. The van der Waals surface area contributed by atoms with Crippen LogP contribution >= 0.6 is 0 Å². The number of benzene rings is 1. The molecule has 0 spiro atoms. The molecule has 0 amide bonds. The van der Waals surface area contributed by atoms with Crippen LogP contribution in [0.25, 0.3) is 0 Å². The molecule has 0 aliphatic heterocycles. The molecular weight excluding hydrogens is 242 g/mol. The summed E-state index contributed by atoms with van der Waals surface area (Å²) in [6.07, 6.45) is 2.15. The van der Waals surface area contributed by atoms with Gasteiger partial charge in [-0.25, -0.2) is 4.79 Å². The number of rotatable bonds is 8. The lowest BCUT2D eigenvalue weighted by molar-refractivity contribution is 0.0314. The Labute approximate surface area is 115 Å². The van der Waals surface area contributed by atoms with Crippen molar-refractivity contribution >= 4 is 11.7 Å². The van der Waals surface area contributed by atoms with E-state index in [4.69, 9.17) is 9.47 Å². The zero-order valence-electron chi connectivity index (χ0n) is 12.0. The average Bonchev–Trinajstić information content (AvgIpc) is 2.42. The van der Waals surface area contributed by atoms with E-state index >= 15 is 0 Å². The number of unbranched alkanes of at least 4 members (excludes halogenated alkanes) is 1. The number of carbonyl (C=O) groups is 1. The molecule has 1 aromatic carbocycles. The van der Waals surface area contributed by atoms with Crippen molar-refractivity contribution in [2.75, 3.05) is 38.8 Å². The smallest absolute Gasteiger partial charge is 0.338 e. The van der Waals surface area contributed by atoms with E-state index in [2.05, 4.69) is 6.92 Å². The Kier molecular flexibility index (Phi) is 6.97. The highest BCUT2D eigenvalue weighted by atomic mass is 16.6. The van der Waals surface area contributed by atoms with Gasteiger partial charge in [0.15, 0.2) is 0 Å². The van der Waals surface area contributed by atoms with Crippen LogP contribution in [0.2, 0.25) is 0 Å². The molecule has 106 valence electrons. The number of esters is 1. The Balaban J connectivity index is 2.29. The van der Waals surface area contributed by atoms with Gasteiger partial charge in [0.2, 0.25) is 0 Å². The first-order valence-electron chi connectivity index (χ1n) is 6.67. The highest BCUT2D eigenvalue weighted by Gasteiger charge is 2.06. The summed E-state index contributed by atoms with van der Waals surface area (Å²) in [6.45, 7) is 3.60. The van der Waals surface area contributed by atoms with Crippen molar-refractivity contribution in [3.63, 3.8) is 0 Å². The first kappa shape index (κ1) is 15.5. The molecule has 1 aromatic rings. The summed E-state index contributed by atoms with van der Waals surface area (Å²) in [5.41, 5.74) is 1.62. The van der Waals surface area contributed by atoms with Crippen molar-refractivity contribution in [1.29, 1.82) is 0 Å². The molecule has 0 saturated carbocycles. The third kappa shape index (κ3) is 5.75. The predicted octanol–water partition coefficient (Wildman–Crippen LogP) is 2.73. The lowest BCUT2D eigenvalue weighted by Gasteiger charge is -2.12. The summed E-state index contributed by atoms with van der Waals surface area (Å²) in [7, 11) is 3.92. The second kappa shape index (κ2) is 8.53. The first-order valence-corrected chi connectivity index (χ1v) is 6.67. The van der Waals surface area contributed by atoms with Crippen molar-refractivity contribution in [2.24, 2.45) is 0 Å². The minimum atomic E-state index is -0.301. The fourth-order valence-corrected chi connectivity index (χ4v) is 1.52. The molecule has 0 fully saturated rings. The fraction of sp³-hybridized carbons (Fsp3) is 0.533. The lowest BCUT2D eigenvalue weighted by atomic mass is 10.2. The van der Waals surface area contributed by atoms with E-state index in [1.165, 1.54) is 0 Å². The van der Waals surface area contributed by atoms with Crippen molar-refractivity contribution < 1.29 is 14.3 Å². The fourth-order valence-electron chi connectivity index (χ4n) is 1.52. The standard InChI is InChI=1S/C15H23NO3/c1-4-5-10-18-11-12-19-15(17)13-6-8-14(9-7-13)16(2)3/h6-9H,4-5,10-12H2,1-3H3. The van der Waals surface area contributed by atoms with E-state index < -0.39 is 0 Å². The van der Waals surface area contributed by atoms with Crippen molar-refractivity contribution in [3.05, 3.63) is 29.8 Å². The Hall–Kier alpha value is -1.55. The molecule has 19 heavy (non-hydrogen) atoms. The Morgan fingerprint density at radius 2 is 1.79 bits per heavy atom. The van der Waals surface area contributed by atoms with Gasteiger partial charge in [-0.05, 0) is 30.7 Å². The van der Waals surface area contributed by atoms with Gasteiger partial charge in [-0.2, -0.15) is 0 Å². The SMILES string of the molecule is CCCCOCCOC(=O)c1ccc(N(C)C)cc1. The van der Waals surface area contributed by atoms with Crippen molar-refractivity contribution in [1.82, 2.24) is 0 Å². The van der Waals surface area contributed by atoms with Crippen LogP contribution in [0.1, 0.15) is 30.1 Å². The maximum Gasteiger partial charge on any atom is 0.338 e. The summed E-state index contributed by atoms with van der Waals surface area (Å²) < 4.78 is 10.5. The second-order valence-corrected chi connectivity index (χ2v) is 4.54. The topological polar surface area (TPSA) is 38.8 Å². The van der Waals surface area contributed by atoms with E-state index in [-0.39, 0.29) is 5.97 Å². The van der Waals surface area contributed by atoms with Gasteiger partial charge in [0.1, 0.15) is 6.61 Å². The van der Waals surface area contributed by atoms with Crippen LogP contribution < -0.4 is 4.90 Å². The normalized spacial score (nSPS) is 10.3. The maximum atomic E-state index is 11.7. The molecule has 0 heterocycles. The van der Waals surface area contributed by atoms with Gasteiger partial charge in [-0.3, -0.25) is 0 Å². The summed E-state index contributed by atoms with van der Waals surface area (Å²) in [5.74, 6) is -0.301. The Morgan fingerprint density at radius 1 is 1.11 bits per heavy atom. The summed E-state index contributed by atoms with van der Waals surface area (Å²) >= 11 is 0. The highest BCUT2D eigenvalue weighted by molar-refractivity contribution is 5.89.